The smallest absolute Gasteiger partial charge is 0.320 e. The molecule has 2 fully saturated rings. The van der Waals surface area contributed by atoms with Gasteiger partial charge in [0.1, 0.15) is 17.5 Å². The van der Waals surface area contributed by atoms with E-state index in [1.165, 1.54) is 11.0 Å². The Morgan fingerprint density at radius 1 is 1.19 bits per heavy atom. The van der Waals surface area contributed by atoms with Gasteiger partial charge in [-0.3, -0.25) is 0 Å². The quantitative estimate of drug-likeness (QED) is 0.467. The molecular weight excluding hydrogens is 477 g/mol. The fraction of sp³-hybridized carbons (Fsp3) is 0.536. The minimum absolute atomic E-state index is 0.130. The monoisotopic (exact) mass is 515 g/mol. The van der Waals surface area contributed by atoms with E-state index in [9.17, 15) is 15.0 Å². The molecule has 0 saturated carbocycles. The number of rotatable bonds is 8. The molecule has 4 rings (SSSR count). The molecular formula is C28H38FN3O5. The number of aliphatic hydroxyl groups is 2. The SMILES string of the molecule is COCCCCC(O)(c1cccc(F)c1-c1cccc(C)c1)C1CN(C(=O)N2CC(N)C(O)C2)CCO1. The van der Waals surface area contributed by atoms with Gasteiger partial charge in [-0.25, -0.2) is 9.18 Å². The Labute approximate surface area is 217 Å². The minimum Gasteiger partial charge on any atom is -0.390 e. The highest BCUT2D eigenvalue weighted by atomic mass is 19.1. The number of halogens is 1. The van der Waals surface area contributed by atoms with E-state index >= 15 is 4.39 Å². The first-order chi connectivity index (χ1) is 17.7. The van der Waals surface area contributed by atoms with E-state index in [-0.39, 0.29) is 32.3 Å². The van der Waals surface area contributed by atoms with Crippen LogP contribution in [0.25, 0.3) is 11.1 Å². The number of nitrogens with two attached hydrogens (primary N) is 1. The third kappa shape index (κ3) is 5.97. The van der Waals surface area contributed by atoms with Gasteiger partial charge in [0.15, 0.2) is 0 Å². The van der Waals surface area contributed by atoms with Crippen LogP contribution in [0.15, 0.2) is 42.5 Å². The molecule has 4 N–H and O–H groups in total. The predicted octanol–water partition coefficient (Wildman–Crippen LogP) is 2.63. The van der Waals surface area contributed by atoms with Crippen LogP contribution in [0.4, 0.5) is 9.18 Å². The van der Waals surface area contributed by atoms with E-state index in [2.05, 4.69) is 0 Å². The molecule has 202 valence electrons. The number of unbranched alkanes of at least 4 members (excludes halogenated alkanes) is 1. The molecule has 0 bridgehead atoms. The average molecular weight is 516 g/mol. The number of aryl methyl sites for hydroxylation is 1. The molecule has 2 heterocycles. The fourth-order valence-electron chi connectivity index (χ4n) is 5.37. The Balaban J connectivity index is 1.68. The number of hydrogen-bond acceptors (Lipinski definition) is 6. The van der Waals surface area contributed by atoms with Crippen molar-refractivity contribution < 1.29 is 28.9 Å². The van der Waals surface area contributed by atoms with E-state index in [4.69, 9.17) is 15.2 Å². The summed E-state index contributed by atoms with van der Waals surface area (Å²) in [6, 6.07) is 11.5. The first-order valence-corrected chi connectivity index (χ1v) is 12.9. The molecule has 2 aliphatic heterocycles. The second kappa shape index (κ2) is 11.9. The summed E-state index contributed by atoms with van der Waals surface area (Å²) in [6.07, 6.45) is 0.0996. The maximum atomic E-state index is 15.4. The Kier molecular flexibility index (Phi) is 8.82. The lowest BCUT2D eigenvalue weighted by Crippen LogP contribution is -2.57. The van der Waals surface area contributed by atoms with Crippen LogP contribution in [-0.2, 0) is 15.1 Å². The number of nitrogens with zero attached hydrogens (tertiary/aromatic N) is 2. The van der Waals surface area contributed by atoms with Crippen LogP contribution < -0.4 is 5.73 Å². The highest BCUT2D eigenvalue weighted by molar-refractivity contribution is 5.75. The molecule has 2 saturated heterocycles. The van der Waals surface area contributed by atoms with Crippen molar-refractivity contribution in [1.82, 2.24) is 9.80 Å². The van der Waals surface area contributed by atoms with Gasteiger partial charge in [-0.1, -0.05) is 42.0 Å². The molecule has 0 aliphatic carbocycles. The van der Waals surface area contributed by atoms with Crippen molar-refractivity contribution in [3.63, 3.8) is 0 Å². The molecule has 4 atom stereocenters. The van der Waals surface area contributed by atoms with E-state index in [1.807, 2.05) is 31.2 Å². The summed E-state index contributed by atoms with van der Waals surface area (Å²) in [5.41, 5.74) is 6.78. The molecule has 2 aromatic rings. The third-order valence-electron chi connectivity index (χ3n) is 7.42. The van der Waals surface area contributed by atoms with Crippen molar-refractivity contribution in [1.29, 1.82) is 0 Å². The number of likely N-dealkylation sites (tertiary alicyclic amines) is 1. The Morgan fingerprint density at radius 3 is 2.68 bits per heavy atom. The Hall–Kier alpha value is -2.56. The van der Waals surface area contributed by atoms with Crippen LogP contribution >= 0.6 is 0 Å². The molecule has 0 radical (unpaired) electrons. The first-order valence-electron chi connectivity index (χ1n) is 12.9. The summed E-state index contributed by atoms with van der Waals surface area (Å²) in [7, 11) is 1.63. The number of methoxy groups -OCH3 is 1. The van der Waals surface area contributed by atoms with Gasteiger partial charge in [0, 0.05) is 45.0 Å². The Morgan fingerprint density at radius 2 is 1.97 bits per heavy atom. The normalized spacial score (nSPS) is 23.8. The Bertz CT molecular complexity index is 1080. The lowest BCUT2D eigenvalue weighted by Gasteiger charge is -2.44. The summed E-state index contributed by atoms with van der Waals surface area (Å²) >= 11 is 0. The number of carbonyl (C=O) groups is 1. The molecule has 4 unspecified atom stereocenters. The van der Waals surface area contributed by atoms with Crippen LogP contribution in [-0.4, -0.2) is 90.8 Å². The van der Waals surface area contributed by atoms with Crippen molar-refractivity contribution >= 4 is 6.03 Å². The van der Waals surface area contributed by atoms with Crippen LogP contribution in [0.1, 0.15) is 30.4 Å². The molecule has 0 spiro atoms. The summed E-state index contributed by atoms with van der Waals surface area (Å²) in [4.78, 5) is 16.4. The van der Waals surface area contributed by atoms with E-state index in [1.54, 1.807) is 24.1 Å². The molecule has 9 heteroatoms. The number of urea groups is 1. The predicted molar refractivity (Wildman–Crippen MR) is 138 cm³/mol. The zero-order valence-electron chi connectivity index (χ0n) is 21.6. The van der Waals surface area contributed by atoms with Crippen LogP contribution in [0.5, 0.6) is 0 Å². The molecule has 0 aromatic heterocycles. The van der Waals surface area contributed by atoms with E-state index in [0.29, 0.717) is 49.1 Å². The fourth-order valence-corrected chi connectivity index (χ4v) is 5.37. The van der Waals surface area contributed by atoms with Gasteiger partial charge in [0.25, 0.3) is 0 Å². The minimum atomic E-state index is -1.56. The third-order valence-corrected chi connectivity index (χ3v) is 7.42. The summed E-state index contributed by atoms with van der Waals surface area (Å²) < 4.78 is 26.7. The molecule has 2 aliphatic rings. The number of carbonyl (C=O) groups excluding carboxylic acids is 1. The number of benzene rings is 2. The highest BCUT2D eigenvalue weighted by Gasteiger charge is 2.45. The number of β-amino-alcohol motifs (C(OH)–C–C–N with tert-alkyl or cyclic N) is 1. The van der Waals surface area contributed by atoms with E-state index < -0.39 is 29.7 Å². The summed E-state index contributed by atoms with van der Waals surface area (Å²) in [5, 5.41) is 22.4. The zero-order valence-corrected chi connectivity index (χ0v) is 21.6. The molecule has 37 heavy (non-hydrogen) atoms. The zero-order chi connectivity index (χ0) is 26.6. The molecule has 8 nitrogen and oxygen atoms in total. The van der Waals surface area contributed by atoms with Crippen LogP contribution in [0.2, 0.25) is 0 Å². The van der Waals surface area contributed by atoms with Gasteiger partial charge in [-0.15, -0.1) is 0 Å². The largest absolute Gasteiger partial charge is 0.390 e. The standard InChI is InChI=1S/C28H38FN3O5/c1-19-7-5-8-20(15-19)26-21(9-6-10-22(26)29)28(35,11-3-4-13-36-2)25-18-31(12-14-37-25)27(34)32-16-23(30)24(33)17-32/h5-10,15,23-25,33,35H,3-4,11-14,16-18,30H2,1-2H3. The van der Waals surface area contributed by atoms with E-state index in [0.717, 1.165) is 5.56 Å². The van der Waals surface area contributed by atoms with Gasteiger partial charge in [0.2, 0.25) is 0 Å². The summed E-state index contributed by atoms with van der Waals surface area (Å²) in [6.45, 7) is 3.63. The highest BCUT2D eigenvalue weighted by Crippen LogP contribution is 2.41. The molecule has 2 amide bonds. The van der Waals surface area contributed by atoms with Gasteiger partial charge < -0.3 is 35.2 Å². The summed E-state index contributed by atoms with van der Waals surface area (Å²) in [5.74, 6) is -0.429. The van der Waals surface area contributed by atoms with Crippen molar-refractivity contribution in [2.24, 2.45) is 5.73 Å². The van der Waals surface area contributed by atoms with Gasteiger partial charge in [0.05, 0.1) is 19.3 Å². The van der Waals surface area contributed by atoms with Crippen molar-refractivity contribution in [3.8, 4) is 11.1 Å². The van der Waals surface area contributed by atoms with Gasteiger partial charge >= 0.3 is 6.03 Å². The van der Waals surface area contributed by atoms with Gasteiger partial charge in [-0.05, 0) is 43.4 Å². The van der Waals surface area contributed by atoms with Crippen molar-refractivity contribution in [2.75, 3.05) is 46.5 Å². The lowest BCUT2D eigenvalue weighted by molar-refractivity contribution is -0.147. The lowest BCUT2D eigenvalue weighted by atomic mass is 9.78. The second-order valence-electron chi connectivity index (χ2n) is 10.1. The average Bonchev–Trinajstić information content (AvgIpc) is 3.23. The molecule has 2 aromatic carbocycles. The number of hydrogen-bond donors (Lipinski definition) is 3. The van der Waals surface area contributed by atoms with Crippen molar-refractivity contribution in [3.05, 3.63) is 59.4 Å². The number of morpholine rings is 1. The number of amides is 2. The maximum absolute atomic E-state index is 15.4. The van der Waals surface area contributed by atoms with Crippen molar-refractivity contribution in [2.45, 2.75) is 50.0 Å². The second-order valence-corrected chi connectivity index (χ2v) is 10.1. The topological polar surface area (TPSA) is 108 Å². The van der Waals surface area contributed by atoms with Crippen LogP contribution in [0, 0.1) is 12.7 Å². The number of ether oxygens (including phenoxy) is 2. The number of aliphatic hydroxyl groups excluding tert-OH is 1. The maximum Gasteiger partial charge on any atom is 0.320 e. The first kappa shape index (κ1) is 27.5. The van der Waals surface area contributed by atoms with Gasteiger partial charge in [-0.2, -0.15) is 0 Å². The van der Waals surface area contributed by atoms with Crippen LogP contribution in [0.3, 0.4) is 0 Å².